The van der Waals surface area contributed by atoms with Crippen molar-refractivity contribution in [2.45, 2.75) is 0 Å². The summed E-state index contributed by atoms with van der Waals surface area (Å²) < 4.78 is 4.70. The van der Waals surface area contributed by atoms with E-state index in [4.69, 9.17) is 4.74 Å². The van der Waals surface area contributed by atoms with Crippen molar-refractivity contribution >= 4 is 41.4 Å². The number of nitrogens with zero attached hydrogens (tertiary/aromatic N) is 4. The fraction of sp³-hybridized carbons (Fsp3) is 0.0417. The number of benzene rings is 3. The minimum Gasteiger partial charge on any atom is -0.465 e. The van der Waals surface area contributed by atoms with Crippen molar-refractivity contribution in [1.82, 2.24) is 15.0 Å². The van der Waals surface area contributed by atoms with Gasteiger partial charge in [0.1, 0.15) is 0 Å². The number of hydrogen-bond donors (Lipinski definition) is 3. The summed E-state index contributed by atoms with van der Waals surface area (Å²) in [6.45, 7) is 0. The van der Waals surface area contributed by atoms with E-state index < -0.39 is 5.97 Å². The van der Waals surface area contributed by atoms with Crippen LogP contribution in [0, 0.1) is 0 Å². The van der Waals surface area contributed by atoms with Crippen LogP contribution in [0.1, 0.15) is 15.9 Å². The molecule has 0 amide bonds. The van der Waals surface area contributed by atoms with Crippen molar-refractivity contribution in [2.75, 3.05) is 23.2 Å². The maximum absolute atomic E-state index is 11.5. The number of anilines is 5. The fourth-order valence-electron chi connectivity index (χ4n) is 2.83. The minimum atomic E-state index is -0.390. The maximum atomic E-state index is 11.5. The monoisotopic (exact) mass is 439 g/mol. The van der Waals surface area contributed by atoms with Gasteiger partial charge in [0.15, 0.2) is 0 Å². The second-order valence-electron chi connectivity index (χ2n) is 6.77. The molecule has 4 aromatic rings. The largest absolute Gasteiger partial charge is 0.465 e. The lowest BCUT2D eigenvalue weighted by Gasteiger charge is -2.10. The van der Waals surface area contributed by atoms with E-state index in [-0.39, 0.29) is 5.95 Å². The van der Waals surface area contributed by atoms with Crippen molar-refractivity contribution in [2.24, 2.45) is 5.10 Å². The van der Waals surface area contributed by atoms with Crippen LogP contribution in [0.25, 0.3) is 0 Å². The number of ether oxygens (including phenoxy) is 1. The zero-order valence-corrected chi connectivity index (χ0v) is 17.8. The third kappa shape index (κ3) is 6.11. The molecule has 0 aliphatic rings. The molecule has 0 saturated carbocycles. The molecule has 0 aliphatic heterocycles. The van der Waals surface area contributed by atoms with Gasteiger partial charge in [0, 0.05) is 11.4 Å². The molecule has 0 radical (unpaired) electrons. The highest BCUT2D eigenvalue weighted by Gasteiger charge is 2.08. The van der Waals surface area contributed by atoms with Gasteiger partial charge in [-0.15, -0.1) is 0 Å². The van der Waals surface area contributed by atoms with Crippen molar-refractivity contribution in [1.29, 1.82) is 0 Å². The lowest BCUT2D eigenvalue weighted by Crippen LogP contribution is -2.07. The van der Waals surface area contributed by atoms with E-state index in [1.807, 2.05) is 60.7 Å². The Morgan fingerprint density at radius 1 is 0.758 bits per heavy atom. The third-order valence-electron chi connectivity index (χ3n) is 4.41. The Morgan fingerprint density at radius 2 is 1.27 bits per heavy atom. The number of nitrogens with one attached hydrogen (secondary N) is 3. The lowest BCUT2D eigenvalue weighted by atomic mass is 10.1. The van der Waals surface area contributed by atoms with E-state index in [1.54, 1.807) is 30.5 Å². The predicted octanol–water partition coefficient (Wildman–Crippen LogP) is 4.59. The number of hydrogen-bond acceptors (Lipinski definition) is 9. The van der Waals surface area contributed by atoms with Crippen molar-refractivity contribution < 1.29 is 9.53 Å². The summed E-state index contributed by atoms with van der Waals surface area (Å²) in [6.07, 6.45) is 1.60. The summed E-state index contributed by atoms with van der Waals surface area (Å²) >= 11 is 0. The first kappa shape index (κ1) is 21.4. The topological polar surface area (TPSA) is 113 Å². The van der Waals surface area contributed by atoms with Crippen LogP contribution in [0.15, 0.2) is 90.0 Å². The summed E-state index contributed by atoms with van der Waals surface area (Å²) in [7, 11) is 1.35. The molecule has 1 aromatic heterocycles. The first-order chi connectivity index (χ1) is 16.2. The summed E-state index contributed by atoms with van der Waals surface area (Å²) in [5, 5.41) is 10.5. The average Bonchev–Trinajstić information content (AvgIpc) is 2.85. The third-order valence-corrected chi connectivity index (χ3v) is 4.41. The molecule has 0 atom stereocenters. The van der Waals surface area contributed by atoms with Gasteiger partial charge < -0.3 is 15.4 Å². The van der Waals surface area contributed by atoms with Crippen molar-refractivity contribution in [3.63, 3.8) is 0 Å². The highest BCUT2D eigenvalue weighted by molar-refractivity contribution is 5.90. The Kier molecular flexibility index (Phi) is 6.82. The Hall–Kier alpha value is -4.79. The van der Waals surface area contributed by atoms with Gasteiger partial charge in [-0.25, -0.2) is 10.2 Å². The average molecular weight is 439 g/mol. The molecule has 4 rings (SSSR count). The maximum Gasteiger partial charge on any atom is 0.337 e. The van der Waals surface area contributed by atoms with E-state index in [0.29, 0.717) is 17.5 Å². The SMILES string of the molecule is COC(=O)c1ccc(/C=N\Nc2nc(Nc3ccccc3)nc(Nc3ccccc3)n2)cc1. The van der Waals surface area contributed by atoms with Gasteiger partial charge >= 0.3 is 5.97 Å². The van der Waals surface area contributed by atoms with Crippen molar-refractivity contribution in [3.8, 4) is 0 Å². The number of hydrazone groups is 1. The zero-order chi connectivity index (χ0) is 22.9. The molecule has 0 bridgehead atoms. The molecule has 0 aliphatic carbocycles. The number of esters is 1. The van der Waals surface area contributed by atoms with Crippen LogP contribution < -0.4 is 16.1 Å². The molecule has 33 heavy (non-hydrogen) atoms. The summed E-state index contributed by atoms with van der Waals surface area (Å²) in [6, 6.07) is 26.0. The van der Waals surface area contributed by atoms with E-state index in [2.05, 4.69) is 36.1 Å². The molecule has 0 spiro atoms. The van der Waals surface area contributed by atoms with Gasteiger partial charge in [-0.05, 0) is 42.0 Å². The molecule has 9 nitrogen and oxygen atoms in total. The van der Waals surface area contributed by atoms with E-state index in [1.165, 1.54) is 7.11 Å². The van der Waals surface area contributed by atoms with Crippen LogP contribution in [0.5, 0.6) is 0 Å². The highest BCUT2D eigenvalue weighted by atomic mass is 16.5. The predicted molar refractivity (Wildman–Crippen MR) is 128 cm³/mol. The molecule has 3 aromatic carbocycles. The molecule has 9 heteroatoms. The minimum absolute atomic E-state index is 0.254. The van der Waals surface area contributed by atoms with Crippen LogP contribution in [0.3, 0.4) is 0 Å². The molecule has 164 valence electrons. The van der Waals surface area contributed by atoms with Gasteiger partial charge in [0.05, 0.1) is 18.9 Å². The van der Waals surface area contributed by atoms with Gasteiger partial charge in [-0.2, -0.15) is 20.1 Å². The zero-order valence-electron chi connectivity index (χ0n) is 17.8. The van der Waals surface area contributed by atoms with Crippen LogP contribution in [0.4, 0.5) is 29.2 Å². The standard InChI is InChI=1S/C24H21N7O2/c1-33-21(32)18-14-12-17(13-15-18)16-25-31-24-29-22(26-19-8-4-2-5-9-19)28-23(30-24)27-20-10-6-3-7-11-20/h2-16H,1H3,(H3,26,27,28,29,30,31)/b25-16-. The lowest BCUT2D eigenvalue weighted by molar-refractivity contribution is 0.0600. The van der Waals surface area contributed by atoms with E-state index in [0.717, 1.165) is 16.9 Å². The normalized spacial score (nSPS) is 10.6. The van der Waals surface area contributed by atoms with Gasteiger partial charge in [0.25, 0.3) is 0 Å². The van der Waals surface area contributed by atoms with Gasteiger partial charge in [-0.1, -0.05) is 48.5 Å². The van der Waals surface area contributed by atoms with E-state index in [9.17, 15) is 4.79 Å². The number of para-hydroxylation sites is 2. The summed E-state index contributed by atoms with van der Waals surface area (Å²) in [5.41, 5.74) is 5.77. The molecule has 3 N–H and O–H groups in total. The molecule has 0 fully saturated rings. The first-order valence-corrected chi connectivity index (χ1v) is 10.1. The number of carbonyl (C=O) groups excluding carboxylic acids is 1. The Labute approximate surface area is 190 Å². The molecule has 1 heterocycles. The van der Waals surface area contributed by atoms with Gasteiger partial charge in [0.2, 0.25) is 17.8 Å². The summed E-state index contributed by atoms with van der Waals surface area (Å²) in [5.74, 6) is 0.576. The smallest absolute Gasteiger partial charge is 0.337 e. The summed E-state index contributed by atoms with van der Waals surface area (Å²) in [4.78, 5) is 24.8. The molecular weight excluding hydrogens is 418 g/mol. The molecule has 0 unspecified atom stereocenters. The Bertz CT molecular complexity index is 1170. The highest BCUT2D eigenvalue weighted by Crippen LogP contribution is 2.18. The second kappa shape index (κ2) is 10.5. The number of carbonyl (C=O) groups is 1. The van der Waals surface area contributed by atoms with Gasteiger partial charge in [-0.3, -0.25) is 0 Å². The number of aromatic nitrogens is 3. The number of rotatable bonds is 8. The van der Waals surface area contributed by atoms with Crippen LogP contribution >= 0.6 is 0 Å². The van der Waals surface area contributed by atoms with Crippen molar-refractivity contribution in [3.05, 3.63) is 96.1 Å². The van der Waals surface area contributed by atoms with Crippen LogP contribution in [-0.4, -0.2) is 34.2 Å². The van der Waals surface area contributed by atoms with Crippen LogP contribution in [0.2, 0.25) is 0 Å². The Morgan fingerprint density at radius 3 is 1.79 bits per heavy atom. The first-order valence-electron chi connectivity index (χ1n) is 10.1. The quantitative estimate of drug-likeness (QED) is 0.208. The Balaban J connectivity index is 1.52. The second-order valence-corrected chi connectivity index (χ2v) is 6.77. The number of methoxy groups -OCH3 is 1. The van der Waals surface area contributed by atoms with Crippen LogP contribution in [-0.2, 0) is 4.74 Å². The molecular formula is C24H21N7O2. The molecule has 0 saturated heterocycles. The van der Waals surface area contributed by atoms with E-state index >= 15 is 0 Å². The fourth-order valence-corrected chi connectivity index (χ4v) is 2.83.